The Kier molecular flexibility index (Phi) is 7.72. The zero-order chi connectivity index (χ0) is 21.7. The normalized spacial score (nSPS) is 26.3. The van der Waals surface area contributed by atoms with E-state index in [1.165, 1.54) is 0 Å². The molecule has 1 aliphatic heterocycles. The van der Waals surface area contributed by atoms with Crippen LogP contribution in [0.4, 0.5) is 5.69 Å². The molecule has 1 heterocycles. The Morgan fingerprint density at radius 3 is 2.70 bits per heavy atom. The number of nitrogens with one attached hydrogen (secondary N) is 2. The van der Waals surface area contributed by atoms with Crippen LogP contribution in [0.15, 0.2) is 18.2 Å². The number of carbonyl (C=O) groups excluding carboxylic acids is 2. The van der Waals surface area contributed by atoms with Gasteiger partial charge in [0.1, 0.15) is 12.4 Å². The highest BCUT2D eigenvalue weighted by molar-refractivity contribution is 5.98. The lowest BCUT2D eigenvalue weighted by Gasteiger charge is -2.30. The van der Waals surface area contributed by atoms with Crippen molar-refractivity contribution in [1.29, 1.82) is 0 Å². The van der Waals surface area contributed by atoms with E-state index in [4.69, 9.17) is 9.47 Å². The maximum atomic E-state index is 13.1. The van der Waals surface area contributed by atoms with E-state index in [-0.39, 0.29) is 35.8 Å². The van der Waals surface area contributed by atoms with Crippen LogP contribution in [0.5, 0.6) is 5.75 Å². The zero-order valence-corrected chi connectivity index (χ0v) is 18.6. The van der Waals surface area contributed by atoms with Crippen molar-refractivity contribution in [3.05, 3.63) is 23.8 Å². The van der Waals surface area contributed by atoms with E-state index in [0.29, 0.717) is 30.2 Å². The highest BCUT2D eigenvalue weighted by atomic mass is 16.5. The predicted octanol–water partition coefficient (Wildman–Crippen LogP) is 2.91. The Hall–Kier alpha value is -2.12. The molecule has 0 unspecified atom stereocenters. The minimum absolute atomic E-state index is 0.0519. The van der Waals surface area contributed by atoms with E-state index in [0.717, 1.165) is 32.2 Å². The molecule has 0 aromatic heterocycles. The summed E-state index contributed by atoms with van der Waals surface area (Å²) in [7, 11) is 3.47. The van der Waals surface area contributed by atoms with E-state index in [2.05, 4.69) is 24.5 Å². The summed E-state index contributed by atoms with van der Waals surface area (Å²) in [5, 5.41) is 6.48. The number of methoxy groups -OCH3 is 1. The minimum Gasteiger partial charge on any atom is -0.491 e. The van der Waals surface area contributed by atoms with Gasteiger partial charge in [0.15, 0.2) is 0 Å². The van der Waals surface area contributed by atoms with Crippen molar-refractivity contribution in [2.75, 3.05) is 39.2 Å². The van der Waals surface area contributed by atoms with E-state index in [9.17, 15) is 9.59 Å². The Balaban J connectivity index is 1.83. The number of benzene rings is 1. The molecule has 2 N–H and O–H groups in total. The predicted molar refractivity (Wildman–Crippen MR) is 117 cm³/mol. The van der Waals surface area contributed by atoms with Gasteiger partial charge in [-0.25, -0.2) is 0 Å². The second-order valence-corrected chi connectivity index (χ2v) is 8.74. The number of hydrogen-bond donors (Lipinski definition) is 2. The molecule has 0 spiro atoms. The number of nitrogens with zero attached hydrogens (tertiary/aromatic N) is 1. The number of hydrogen-bond acceptors (Lipinski definition) is 5. The highest BCUT2D eigenvalue weighted by Gasteiger charge is 2.26. The third kappa shape index (κ3) is 5.52. The van der Waals surface area contributed by atoms with Crippen molar-refractivity contribution in [1.82, 2.24) is 10.2 Å². The maximum Gasteiger partial charge on any atom is 0.257 e. The van der Waals surface area contributed by atoms with Crippen LogP contribution in [0.25, 0.3) is 0 Å². The third-order valence-corrected chi connectivity index (χ3v) is 6.22. The van der Waals surface area contributed by atoms with Crippen molar-refractivity contribution in [3.63, 3.8) is 0 Å². The van der Waals surface area contributed by atoms with Crippen molar-refractivity contribution < 1.29 is 19.1 Å². The van der Waals surface area contributed by atoms with Crippen molar-refractivity contribution >= 4 is 17.5 Å². The SMILES string of the molecule is CO[C@@H]1CN(C)C(=O)c2ccc(NC(=O)C3CCCC3)cc2OC[C@@H](C)NC[C@H]1C. The van der Waals surface area contributed by atoms with Crippen LogP contribution in [0, 0.1) is 11.8 Å². The summed E-state index contributed by atoms with van der Waals surface area (Å²) >= 11 is 0. The van der Waals surface area contributed by atoms with Crippen LogP contribution in [0.1, 0.15) is 49.9 Å². The molecular weight excluding hydrogens is 382 g/mol. The first-order chi connectivity index (χ1) is 14.4. The van der Waals surface area contributed by atoms with Crippen LogP contribution in [0.3, 0.4) is 0 Å². The molecular formula is C23H35N3O4. The molecule has 1 saturated carbocycles. The fraction of sp³-hybridized carbons (Fsp3) is 0.652. The first-order valence-corrected chi connectivity index (χ1v) is 11.0. The summed E-state index contributed by atoms with van der Waals surface area (Å²) < 4.78 is 11.7. The lowest BCUT2D eigenvalue weighted by atomic mass is 10.0. The molecule has 1 aliphatic carbocycles. The number of likely N-dealkylation sites (N-methyl/N-ethyl adjacent to an activating group) is 1. The summed E-state index contributed by atoms with van der Waals surface area (Å²) in [6, 6.07) is 5.41. The zero-order valence-electron chi connectivity index (χ0n) is 18.6. The molecule has 1 aromatic rings. The van der Waals surface area contributed by atoms with E-state index < -0.39 is 0 Å². The van der Waals surface area contributed by atoms with Crippen LogP contribution < -0.4 is 15.4 Å². The van der Waals surface area contributed by atoms with Gasteiger partial charge in [-0.3, -0.25) is 9.59 Å². The van der Waals surface area contributed by atoms with Gasteiger partial charge >= 0.3 is 0 Å². The van der Waals surface area contributed by atoms with Gasteiger partial charge in [0.25, 0.3) is 5.91 Å². The lowest BCUT2D eigenvalue weighted by molar-refractivity contribution is -0.119. The lowest BCUT2D eigenvalue weighted by Crippen LogP contribution is -2.44. The molecule has 0 bridgehead atoms. The van der Waals surface area contributed by atoms with Crippen molar-refractivity contribution in [3.8, 4) is 5.75 Å². The van der Waals surface area contributed by atoms with Crippen molar-refractivity contribution in [2.45, 2.75) is 51.7 Å². The Morgan fingerprint density at radius 2 is 2.00 bits per heavy atom. The van der Waals surface area contributed by atoms with Gasteiger partial charge in [-0.2, -0.15) is 0 Å². The highest BCUT2D eigenvalue weighted by Crippen LogP contribution is 2.29. The Bertz CT molecular complexity index is 748. The fourth-order valence-electron chi connectivity index (χ4n) is 4.17. The summed E-state index contributed by atoms with van der Waals surface area (Å²) in [4.78, 5) is 27.3. The number of fused-ring (bicyclic) bond motifs is 1. The molecule has 3 rings (SSSR count). The summed E-state index contributed by atoms with van der Waals surface area (Å²) in [6.45, 7) is 5.86. The van der Waals surface area contributed by atoms with Crippen LogP contribution in [-0.2, 0) is 9.53 Å². The average molecular weight is 418 g/mol. The van der Waals surface area contributed by atoms with Gasteiger partial charge in [-0.1, -0.05) is 19.8 Å². The Morgan fingerprint density at radius 1 is 1.27 bits per heavy atom. The van der Waals surface area contributed by atoms with E-state index >= 15 is 0 Å². The van der Waals surface area contributed by atoms with Gasteiger partial charge in [0, 0.05) is 51.0 Å². The van der Waals surface area contributed by atoms with Crippen LogP contribution >= 0.6 is 0 Å². The molecule has 1 aromatic carbocycles. The first-order valence-electron chi connectivity index (χ1n) is 11.0. The van der Waals surface area contributed by atoms with Crippen molar-refractivity contribution in [2.24, 2.45) is 11.8 Å². The van der Waals surface area contributed by atoms with Gasteiger partial charge in [0.2, 0.25) is 5.91 Å². The molecule has 30 heavy (non-hydrogen) atoms. The summed E-state index contributed by atoms with van der Waals surface area (Å²) in [5.41, 5.74) is 1.16. The molecule has 0 radical (unpaired) electrons. The smallest absolute Gasteiger partial charge is 0.257 e. The summed E-state index contributed by atoms with van der Waals surface area (Å²) in [5.74, 6) is 0.758. The standard InChI is InChI=1S/C23H35N3O4/c1-15-12-24-16(2)14-30-20-11-18(25-22(27)17-7-5-6-8-17)9-10-19(20)23(28)26(3)13-21(15)29-4/h9-11,15-17,21,24H,5-8,12-14H2,1-4H3,(H,25,27)/t15-,16-,21-/m1/s1. The van der Waals surface area contributed by atoms with E-state index in [1.807, 2.05) is 0 Å². The number of rotatable bonds is 3. The number of anilines is 1. The summed E-state index contributed by atoms with van der Waals surface area (Å²) in [6.07, 6.45) is 4.04. The van der Waals surface area contributed by atoms with Gasteiger partial charge in [0.05, 0.1) is 11.7 Å². The first kappa shape index (κ1) is 22.6. The molecule has 7 heteroatoms. The molecule has 166 valence electrons. The largest absolute Gasteiger partial charge is 0.491 e. The number of amides is 2. The van der Waals surface area contributed by atoms with Gasteiger partial charge in [-0.15, -0.1) is 0 Å². The second-order valence-electron chi connectivity index (χ2n) is 8.74. The molecule has 3 atom stereocenters. The molecule has 2 amide bonds. The van der Waals surface area contributed by atoms with Gasteiger partial charge in [-0.05, 0) is 37.8 Å². The van der Waals surface area contributed by atoms with Gasteiger partial charge < -0.3 is 25.0 Å². The quantitative estimate of drug-likeness (QED) is 0.791. The molecule has 7 nitrogen and oxygen atoms in total. The molecule has 2 aliphatic rings. The fourth-order valence-corrected chi connectivity index (χ4v) is 4.17. The minimum atomic E-state index is -0.117. The monoisotopic (exact) mass is 417 g/mol. The third-order valence-electron chi connectivity index (χ3n) is 6.22. The average Bonchev–Trinajstić information content (AvgIpc) is 3.28. The van der Waals surface area contributed by atoms with Crippen LogP contribution in [-0.4, -0.2) is 62.7 Å². The Labute approximate surface area is 179 Å². The van der Waals surface area contributed by atoms with E-state index in [1.54, 1.807) is 37.3 Å². The number of ether oxygens (including phenoxy) is 2. The molecule has 1 fully saturated rings. The second kappa shape index (κ2) is 10.3. The number of carbonyl (C=O) groups is 2. The maximum absolute atomic E-state index is 13.1. The van der Waals surface area contributed by atoms with Crippen LogP contribution in [0.2, 0.25) is 0 Å². The topological polar surface area (TPSA) is 79.9 Å². The molecule has 0 saturated heterocycles.